The number of nitrogens with zero attached hydrogens (tertiary/aromatic N) is 3. The largest absolute Gasteiger partial charge is 0.375 e. The Hall–Kier alpha value is -2.20. The topological polar surface area (TPSA) is 54.0 Å². The highest BCUT2D eigenvalue weighted by atomic mass is 15.1. The second kappa shape index (κ2) is 7.55. The van der Waals surface area contributed by atoms with Crippen molar-refractivity contribution < 1.29 is 0 Å². The summed E-state index contributed by atoms with van der Waals surface area (Å²) in [6.45, 7) is 3.73. The lowest BCUT2D eigenvalue weighted by Gasteiger charge is -2.18. The van der Waals surface area contributed by atoms with Gasteiger partial charge in [0.15, 0.2) is 0 Å². The van der Waals surface area contributed by atoms with Crippen LogP contribution in [0.5, 0.6) is 0 Å². The molecule has 0 unspecified atom stereocenters. The van der Waals surface area contributed by atoms with E-state index in [0.29, 0.717) is 6.54 Å². The van der Waals surface area contributed by atoms with Crippen molar-refractivity contribution in [3.8, 4) is 0 Å². The minimum Gasteiger partial charge on any atom is -0.375 e. The lowest BCUT2D eigenvalue weighted by molar-refractivity contribution is 0.796. The van der Waals surface area contributed by atoms with E-state index in [0.717, 1.165) is 30.0 Å². The minimum atomic E-state index is 0.715. The maximum atomic E-state index is 5.53. The van der Waals surface area contributed by atoms with Crippen LogP contribution in [0.4, 0.5) is 17.1 Å². The second-order valence-electron chi connectivity index (χ2n) is 5.12. The average Bonchev–Trinajstić information content (AvgIpc) is 2.52. The predicted octanol–water partition coefficient (Wildman–Crippen LogP) is 4.20. The predicted molar refractivity (Wildman–Crippen MR) is 88.7 cm³/mol. The summed E-state index contributed by atoms with van der Waals surface area (Å²) in [7, 11) is 2.07. The molecule has 2 aromatic rings. The molecule has 0 radical (unpaired) electrons. The molecule has 0 atom stereocenters. The normalized spacial score (nSPS) is 11.0. The quantitative estimate of drug-likeness (QED) is 0.807. The van der Waals surface area contributed by atoms with Crippen LogP contribution >= 0.6 is 0 Å². The number of benzene rings is 2. The zero-order chi connectivity index (χ0) is 15.1. The monoisotopic (exact) mass is 282 g/mol. The van der Waals surface area contributed by atoms with Gasteiger partial charge in [0, 0.05) is 19.3 Å². The number of azo groups is 1. The molecule has 110 valence electrons. The van der Waals surface area contributed by atoms with Crippen LogP contribution in [0.3, 0.4) is 0 Å². The van der Waals surface area contributed by atoms with Crippen molar-refractivity contribution >= 4 is 17.1 Å². The van der Waals surface area contributed by atoms with Gasteiger partial charge in [-0.15, -0.1) is 0 Å². The molecule has 0 fully saturated rings. The summed E-state index contributed by atoms with van der Waals surface area (Å²) in [4.78, 5) is 2.19. The zero-order valence-corrected chi connectivity index (χ0v) is 12.7. The maximum Gasteiger partial charge on any atom is 0.0858 e. The molecule has 2 aromatic carbocycles. The first-order valence-electron chi connectivity index (χ1n) is 7.19. The van der Waals surface area contributed by atoms with E-state index in [1.165, 1.54) is 5.56 Å². The molecule has 0 saturated carbocycles. The van der Waals surface area contributed by atoms with E-state index in [-0.39, 0.29) is 0 Å². The summed E-state index contributed by atoms with van der Waals surface area (Å²) in [5, 5.41) is 8.49. The number of hydrogen-bond donors (Lipinski definition) is 1. The van der Waals surface area contributed by atoms with Gasteiger partial charge in [-0.2, -0.15) is 10.2 Å². The van der Waals surface area contributed by atoms with Crippen LogP contribution < -0.4 is 10.6 Å². The number of hydrogen-bond acceptors (Lipinski definition) is 4. The fourth-order valence-corrected chi connectivity index (χ4v) is 1.96. The Bertz CT molecular complexity index is 573. The summed E-state index contributed by atoms with van der Waals surface area (Å²) in [6.07, 6.45) is 0.991. The first-order valence-corrected chi connectivity index (χ1v) is 7.19. The lowest BCUT2D eigenvalue weighted by Crippen LogP contribution is -2.20. The van der Waals surface area contributed by atoms with Crippen molar-refractivity contribution in [1.29, 1.82) is 0 Å². The Morgan fingerprint density at radius 2 is 1.43 bits per heavy atom. The highest BCUT2D eigenvalue weighted by molar-refractivity contribution is 5.52. The van der Waals surface area contributed by atoms with E-state index in [9.17, 15) is 0 Å². The number of anilines is 1. The molecule has 2 rings (SSSR count). The molecule has 0 aliphatic rings. The van der Waals surface area contributed by atoms with Crippen molar-refractivity contribution in [2.75, 3.05) is 25.0 Å². The van der Waals surface area contributed by atoms with Crippen LogP contribution in [-0.2, 0) is 0 Å². The molecule has 4 heteroatoms. The van der Waals surface area contributed by atoms with E-state index in [1.807, 2.05) is 36.4 Å². The molecule has 0 aliphatic carbocycles. The van der Waals surface area contributed by atoms with Crippen LogP contribution in [0, 0.1) is 6.92 Å². The van der Waals surface area contributed by atoms with E-state index < -0.39 is 0 Å². The van der Waals surface area contributed by atoms with Gasteiger partial charge in [0.05, 0.1) is 11.4 Å². The van der Waals surface area contributed by atoms with E-state index in [1.54, 1.807) is 0 Å². The summed E-state index contributed by atoms with van der Waals surface area (Å²) < 4.78 is 0. The highest BCUT2D eigenvalue weighted by Gasteiger charge is 2.00. The van der Waals surface area contributed by atoms with Gasteiger partial charge >= 0.3 is 0 Å². The van der Waals surface area contributed by atoms with Crippen LogP contribution in [0.15, 0.2) is 58.8 Å². The number of nitrogens with two attached hydrogens (primary N) is 1. The third-order valence-electron chi connectivity index (χ3n) is 3.30. The van der Waals surface area contributed by atoms with E-state index in [4.69, 9.17) is 5.73 Å². The SMILES string of the molecule is Cc1ccc(N=Nc2ccc(N(C)CCCN)cc2)cc1. The Morgan fingerprint density at radius 3 is 1.95 bits per heavy atom. The molecule has 0 aliphatic heterocycles. The Balaban J connectivity index is 2.00. The van der Waals surface area contributed by atoms with Crippen molar-refractivity contribution in [2.45, 2.75) is 13.3 Å². The average molecular weight is 282 g/mol. The third-order valence-corrected chi connectivity index (χ3v) is 3.30. The van der Waals surface area contributed by atoms with Crippen LogP contribution in [0.1, 0.15) is 12.0 Å². The molecule has 0 aromatic heterocycles. The van der Waals surface area contributed by atoms with Gasteiger partial charge in [-0.25, -0.2) is 0 Å². The van der Waals surface area contributed by atoms with Crippen LogP contribution in [0.25, 0.3) is 0 Å². The Kier molecular flexibility index (Phi) is 5.46. The standard InChI is InChI=1S/C17H22N4/c1-14-4-6-15(7-5-14)19-20-16-8-10-17(11-9-16)21(2)13-3-12-18/h4-11H,3,12-13,18H2,1-2H3. The van der Waals surface area contributed by atoms with E-state index >= 15 is 0 Å². The fourth-order valence-electron chi connectivity index (χ4n) is 1.96. The summed E-state index contributed by atoms with van der Waals surface area (Å²) in [6, 6.07) is 16.1. The number of aryl methyl sites for hydroxylation is 1. The minimum absolute atomic E-state index is 0.715. The van der Waals surface area contributed by atoms with Gasteiger partial charge in [0.2, 0.25) is 0 Å². The summed E-state index contributed by atoms with van der Waals surface area (Å²) >= 11 is 0. The van der Waals surface area contributed by atoms with Gasteiger partial charge in [-0.05, 0) is 56.3 Å². The van der Waals surface area contributed by atoms with E-state index in [2.05, 4.69) is 41.2 Å². The van der Waals surface area contributed by atoms with Gasteiger partial charge in [-0.3, -0.25) is 0 Å². The molecular formula is C17H22N4. The van der Waals surface area contributed by atoms with Gasteiger partial charge < -0.3 is 10.6 Å². The lowest BCUT2D eigenvalue weighted by atomic mass is 10.2. The molecule has 0 spiro atoms. The zero-order valence-electron chi connectivity index (χ0n) is 12.7. The van der Waals surface area contributed by atoms with Crippen molar-refractivity contribution in [1.82, 2.24) is 0 Å². The molecule has 4 nitrogen and oxygen atoms in total. The van der Waals surface area contributed by atoms with Crippen LogP contribution in [-0.4, -0.2) is 20.1 Å². The third kappa shape index (κ3) is 4.68. The second-order valence-corrected chi connectivity index (χ2v) is 5.12. The maximum absolute atomic E-state index is 5.53. The fraction of sp³-hybridized carbons (Fsp3) is 0.294. The van der Waals surface area contributed by atoms with Crippen molar-refractivity contribution in [2.24, 2.45) is 16.0 Å². The van der Waals surface area contributed by atoms with Gasteiger partial charge in [0.1, 0.15) is 0 Å². The Labute approximate surface area is 126 Å². The molecule has 21 heavy (non-hydrogen) atoms. The summed E-state index contributed by atoms with van der Waals surface area (Å²) in [5.41, 5.74) is 9.63. The molecule has 0 saturated heterocycles. The molecule has 0 heterocycles. The first-order chi connectivity index (χ1) is 10.2. The first kappa shape index (κ1) is 15.2. The molecule has 0 amide bonds. The van der Waals surface area contributed by atoms with Crippen molar-refractivity contribution in [3.05, 3.63) is 54.1 Å². The number of rotatable bonds is 6. The molecule has 0 bridgehead atoms. The highest BCUT2D eigenvalue weighted by Crippen LogP contribution is 2.22. The van der Waals surface area contributed by atoms with Gasteiger partial charge in [-0.1, -0.05) is 17.7 Å². The Morgan fingerprint density at radius 1 is 0.905 bits per heavy atom. The smallest absolute Gasteiger partial charge is 0.0858 e. The molecule has 2 N–H and O–H groups in total. The van der Waals surface area contributed by atoms with Gasteiger partial charge in [0.25, 0.3) is 0 Å². The van der Waals surface area contributed by atoms with Crippen LogP contribution in [0.2, 0.25) is 0 Å². The van der Waals surface area contributed by atoms with Crippen molar-refractivity contribution in [3.63, 3.8) is 0 Å². The summed E-state index contributed by atoms with van der Waals surface area (Å²) in [5.74, 6) is 0. The molecular weight excluding hydrogens is 260 g/mol.